The Morgan fingerprint density at radius 2 is 2.29 bits per heavy atom. The second-order valence-corrected chi connectivity index (χ2v) is 4.58. The van der Waals surface area contributed by atoms with E-state index in [9.17, 15) is 9.59 Å². The van der Waals surface area contributed by atoms with Crippen LogP contribution in [0, 0.1) is 0 Å². The van der Waals surface area contributed by atoms with Gasteiger partial charge >= 0.3 is 0 Å². The van der Waals surface area contributed by atoms with Gasteiger partial charge in [-0.05, 0) is 25.8 Å². The van der Waals surface area contributed by atoms with Crippen molar-refractivity contribution in [2.24, 2.45) is 7.05 Å². The van der Waals surface area contributed by atoms with Crippen molar-refractivity contribution in [2.45, 2.75) is 32.2 Å². The molecule has 0 radical (unpaired) electrons. The quantitative estimate of drug-likeness (QED) is 0.785. The Labute approximate surface area is 100 Å². The van der Waals surface area contributed by atoms with Gasteiger partial charge in [0.05, 0.1) is 0 Å². The number of carbonyl (C=O) groups is 2. The molecule has 1 aliphatic rings. The molecule has 0 saturated carbocycles. The van der Waals surface area contributed by atoms with Gasteiger partial charge < -0.3 is 4.90 Å². The van der Waals surface area contributed by atoms with Crippen LogP contribution in [-0.4, -0.2) is 39.0 Å². The summed E-state index contributed by atoms with van der Waals surface area (Å²) in [7, 11) is 1.79. The van der Waals surface area contributed by atoms with Crippen molar-refractivity contribution in [1.82, 2.24) is 14.7 Å². The van der Waals surface area contributed by atoms with E-state index in [-0.39, 0.29) is 17.7 Å². The van der Waals surface area contributed by atoms with Crippen molar-refractivity contribution in [3.63, 3.8) is 0 Å². The van der Waals surface area contributed by atoms with Gasteiger partial charge in [-0.1, -0.05) is 0 Å². The van der Waals surface area contributed by atoms with E-state index in [4.69, 9.17) is 0 Å². The number of ketones is 1. The molecule has 1 saturated heterocycles. The highest BCUT2D eigenvalue weighted by Crippen LogP contribution is 2.22. The molecular weight excluding hydrogens is 218 g/mol. The second-order valence-electron chi connectivity index (χ2n) is 4.58. The van der Waals surface area contributed by atoms with Gasteiger partial charge in [0.25, 0.3) is 5.91 Å². The summed E-state index contributed by atoms with van der Waals surface area (Å²) in [5.74, 6) is 0.0741. The lowest BCUT2D eigenvalue weighted by molar-refractivity contribution is -0.117. The Hall–Kier alpha value is -1.65. The van der Waals surface area contributed by atoms with Crippen LogP contribution in [0.4, 0.5) is 0 Å². The maximum absolute atomic E-state index is 12.2. The van der Waals surface area contributed by atoms with Gasteiger partial charge in [-0.2, -0.15) is 5.10 Å². The first-order valence-corrected chi connectivity index (χ1v) is 5.88. The topological polar surface area (TPSA) is 55.2 Å². The highest BCUT2D eigenvalue weighted by atomic mass is 16.2. The van der Waals surface area contributed by atoms with Crippen LogP contribution in [0.2, 0.25) is 0 Å². The SMILES string of the molecule is CC(=O)CC1CCCN1C(=O)c1ccn(C)n1. The van der Waals surface area contributed by atoms with Gasteiger partial charge in [-0.15, -0.1) is 0 Å². The summed E-state index contributed by atoms with van der Waals surface area (Å²) in [6, 6.07) is 1.77. The molecule has 17 heavy (non-hydrogen) atoms. The van der Waals surface area contributed by atoms with Gasteiger partial charge in [-0.3, -0.25) is 14.3 Å². The first-order chi connectivity index (χ1) is 8.08. The number of likely N-dealkylation sites (tertiary alicyclic amines) is 1. The van der Waals surface area contributed by atoms with Crippen LogP contribution in [0.5, 0.6) is 0 Å². The van der Waals surface area contributed by atoms with E-state index in [2.05, 4.69) is 5.10 Å². The molecule has 5 nitrogen and oxygen atoms in total. The zero-order chi connectivity index (χ0) is 12.4. The first-order valence-electron chi connectivity index (χ1n) is 5.88. The monoisotopic (exact) mass is 235 g/mol. The van der Waals surface area contributed by atoms with E-state index < -0.39 is 0 Å². The van der Waals surface area contributed by atoms with Gasteiger partial charge in [-0.25, -0.2) is 0 Å². The minimum atomic E-state index is -0.0608. The third-order valence-electron chi connectivity index (χ3n) is 3.09. The molecule has 5 heteroatoms. The summed E-state index contributed by atoms with van der Waals surface area (Å²) in [6.07, 6.45) is 4.09. The number of amides is 1. The average Bonchev–Trinajstić information content (AvgIpc) is 2.85. The van der Waals surface area contributed by atoms with Gasteiger partial charge in [0, 0.05) is 32.3 Å². The summed E-state index contributed by atoms with van der Waals surface area (Å²) >= 11 is 0. The van der Waals surface area contributed by atoms with Crippen LogP contribution in [-0.2, 0) is 11.8 Å². The van der Waals surface area contributed by atoms with Crippen LogP contribution in [0.3, 0.4) is 0 Å². The molecule has 0 N–H and O–H groups in total. The van der Waals surface area contributed by atoms with Gasteiger partial charge in [0.2, 0.25) is 0 Å². The molecule has 1 amide bonds. The maximum Gasteiger partial charge on any atom is 0.274 e. The maximum atomic E-state index is 12.2. The number of hydrogen-bond donors (Lipinski definition) is 0. The zero-order valence-corrected chi connectivity index (χ0v) is 10.2. The van der Waals surface area contributed by atoms with Gasteiger partial charge in [0.1, 0.15) is 11.5 Å². The highest BCUT2D eigenvalue weighted by molar-refractivity contribution is 5.93. The number of carbonyl (C=O) groups excluding carboxylic acids is 2. The summed E-state index contributed by atoms with van der Waals surface area (Å²) in [6.45, 7) is 2.30. The minimum absolute atomic E-state index is 0.0574. The Morgan fingerprint density at radius 3 is 2.88 bits per heavy atom. The molecule has 2 heterocycles. The third kappa shape index (κ3) is 2.54. The van der Waals surface area contributed by atoms with Crippen molar-refractivity contribution in [1.29, 1.82) is 0 Å². The predicted molar refractivity (Wildman–Crippen MR) is 62.6 cm³/mol. The summed E-state index contributed by atoms with van der Waals surface area (Å²) in [5.41, 5.74) is 0.461. The molecule has 0 aliphatic carbocycles. The predicted octanol–water partition coefficient (Wildman–Crippen LogP) is 1.00. The molecule has 1 aliphatic heterocycles. The molecule has 1 unspecified atom stereocenters. The summed E-state index contributed by atoms with van der Waals surface area (Å²) in [4.78, 5) is 25.1. The molecule has 0 aromatic carbocycles. The molecule has 0 bridgehead atoms. The minimum Gasteiger partial charge on any atom is -0.334 e. The summed E-state index contributed by atoms with van der Waals surface area (Å²) in [5, 5.41) is 4.11. The van der Waals surface area contributed by atoms with E-state index in [1.165, 1.54) is 0 Å². The van der Waals surface area contributed by atoms with E-state index in [1.807, 2.05) is 0 Å². The molecule has 1 aromatic heterocycles. The van der Waals surface area contributed by atoms with E-state index in [0.29, 0.717) is 12.1 Å². The number of aromatic nitrogens is 2. The van der Waals surface area contributed by atoms with Crippen LogP contribution in [0.15, 0.2) is 12.3 Å². The molecule has 1 atom stereocenters. The smallest absolute Gasteiger partial charge is 0.274 e. The Balaban J connectivity index is 2.10. The van der Waals surface area contributed by atoms with Crippen molar-refractivity contribution < 1.29 is 9.59 Å². The third-order valence-corrected chi connectivity index (χ3v) is 3.09. The standard InChI is InChI=1S/C12H17N3O2/c1-9(16)8-10-4-3-6-15(10)12(17)11-5-7-14(2)13-11/h5,7,10H,3-4,6,8H2,1-2H3. The average molecular weight is 235 g/mol. The van der Waals surface area contributed by atoms with Gasteiger partial charge in [0.15, 0.2) is 0 Å². The number of Topliss-reactive ketones (excluding diaryl/α,β-unsaturated/α-hetero) is 1. The lowest BCUT2D eigenvalue weighted by Crippen LogP contribution is -2.36. The van der Waals surface area contributed by atoms with Crippen LogP contribution < -0.4 is 0 Å². The second kappa shape index (κ2) is 4.69. The van der Waals surface area contributed by atoms with Crippen molar-refractivity contribution in [3.8, 4) is 0 Å². The molecule has 1 fully saturated rings. The van der Waals surface area contributed by atoms with Crippen LogP contribution in [0.1, 0.15) is 36.7 Å². The number of rotatable bonds is 3. The molecule has 2 rings (SSSR count). The highest BCUT2D eigenvalue weighted by Gasteiger charge is 2.30. The molecule has 0 spiro atoms. The Kier molecular flexibility index (Phi) is 3.26. The number of hydrogen-bond acceptors (Lipinski definition) is 3. The number of aryl methyl sites for hydroxylation is 1. The molecular formula is C12H17N3O2. The fourth-order valence-electron chi connectivity index (χ4n) is 2.32. The van der Waals surface area contributed by atoms with Crippen LogP contribution >= 0.6 is 0 Å². The Bertz CT molecular complexity index is 439. The lowest BCUT2D eigenvalue weighted by Gasteiger charge is -2.22. The van der Waals surface area contributed by atoms with Crippen LogP contribution in [0.25, 0.3) is 0 Å². The Morgan fingerprint density at radius 1 is 1.53 bits per heavy atom. The van der Waals surface area contributed by atoms with Crippen molar-refractivity contribution in [2.75, 3.05) is 6.54 Å². The van der Waals surface area contributed by atoms with Crippen molar-refractivity contribution >= 4 is 11.7 Å². The fourth-order valence-corrected chi connectivity index (χ4v) is 2.32. The van der Waals surface area contributed by atoms with Crippen molar-refractivity contribution in [3.05, 3.63) is 18.0 Å². The normalized spacial score (nSPS) is 19.6. The van der Waals surface area contributed by atoms with E-state index in [1.54, 1.807) is 35.8 Å². The first kappa shape index (κ1) is 11.8. The van der Waals surface area contributed by atoms with E-state index in [0.717, 1.165) is 19.4 Å². The van der Waals surface area contributed by atoms with E-state index >= 15 is 0 Å². The zero-order valence-electron chi connectivity index (χ0n) is 10.2. The molecule has 92 valence electrons. The molecule has 1 aromatic rings. The number of nitrogens with zero attached hydrogens (tertiary/aromatic N) is 3. The fraction of sp³-hybridized carbons (Fsp3) is 0.583. The summed E-state index contributed by atoms with van der Waals surface area (Å²) < 4.78 is 1.61. The lowest BCUT2D eigenvalue weighted by atomic mass is 10.1. The largest absolute Gasteiger partial charge is 0.334 e.